The Balaban J connectivity index is 2.25. The van der Waals surface area contributed by atoms with E-state index in [1.807, 2.05) is 36.7 Å². The first-order valence-electron chi connectivity index (χ1n) is 6.17. The van der Waals surface area contributed by atoms with Gasteiger partial charge in [0.2, 0.25) is 0 Å². The summed E-state index contributed by atoms with van der Waals surface area (Å²) in [6, 6.07) is 7.50. The van der Waals surface area contributed by atoms with E-state index in [0.717, 1.165) is 28.0 Å². The van der Waals surface area contributed by atoms with Crippen LogP contribution in [-0.2, 0) is 13.0 Å². The number of rotatable bonds is 4. The van der Waals surface area contributed by atoms with Gasteiger partial charge in [-0.3, -0.25) is 4.68 Å². The number of benzene rings is 1. The van der Waals surface area contributed by atoms with Gasteiger partial charge < -0.3 is 5.11 Å². The van der Waals surface area contributed by atoms with E-state index in [2.05, 4.69) is 21.0 Å². The van der Waals surface area contributed by atoms with E-state index in [9.17, 15) is 5.11 Å². The molecule has 2 aromatic rings. The normalized spacial score (nSPS) is 12.7. The Labute approximate surface area is 126 Å². The van der Waals surface area contributed by atoms with E-state index in [1.54, 1.807) is 6.07 Å². The number of aliphatic hydroxyl groups is 1. The summed E-state index contributed by atoms with van der Waals surface area (Å²) in [7, 11) is 0. The SMILES string of the molecule is CCn1nc(C)cc1CC(O)c1cc(Br)ccc1Cl. The molecule has 5 heteroatoms. The Bertz CT molecular complexity index is 583. The lowest BCUT2D eigenvalue weighted by molar-refractivity contribution is 0.175. The minimum atomic E-state index is -0.633. The molecule has 0 saturated carbocycles. The van der Waals surface area contributed by atoms with Gasteiger partial charge in [0.25, 0.3) is 0 Å². The number of nitrogens with zero attached hydrogens (tertiary/aromatic N) is 2. The maximum absolute atomic E-state index is 10.4. The Morgan fingerprint density at radius 1 is 1.42 bits per heavy atom. The lowest BCUT2D eigenvalue weighted by atomic mass is 10.0. The van der Waals surface area contributed by atoms with Crippen LogP contribution >= 0.6 is 27.5 Å². The predicted molar refractivity (Wildman–Crippen MR) is 80.5 cm³/mol. The molecule has 0 aliphatic heterocycles. The minimum Gasteiger partial charge on any atom is -0.388 e. The molecule has 1 aromatic heterocycles. The minimum absolute atomic E-state index is 0.505. The molecule has 0 aliphatic carbocycles. The quantitative estimate of drug-likeness (QED) is 0.914. The van der Waals surface area contributed by atoms with Gasteiger partial charge in [-0.05, 0) is 38.1 Å². The molecule has 1 unspecified atom stereocenters. The molecular weight excluding hydrogens is 328 g/mol. The average molecular weight is 344 g/mol. The van der Waals surface area contributed by atoms with Crippen molar-refractivity contribution in [2.24, 2.45) is 0 Å². The maximum Gasteiger partial charge on any atom is 0.0860 e. The van der Waals surface area contributed by atoms with Crippen molar-refractivity contribution in [3.05, 3.63) is 50.7 Å². The summed E-state index contributed by atoms with van der Waals surface area (Å²) in [4.78, 5) is 0. The van der Waals surface area contributed by atoms with Crippen molar-refractivity contribution in [2.75, 3.05) is 0 Å². The number of aryl methyl sites for hydroxylation is 2. The van der Waals surface area contributed by atoms with E-state index in [4.69, 9.17) is 11.6 Å². The van der Waals surface area contributed by atoms with Gasteiger partial charge in [0.1, 0.15) is 0 Å². The summed E-state index contributed by atoms with van der Waals surface area (Å²) >= 11 is 9.53. The number of hydrogen-bond acceptors (Lipinski definition) is 2. The smallest absolute Gasteiger partial charge is 0.0860 e. The van der Waals surface area contributed by atoms with Gasteiger partial charge in [-0.25, -0.2) is 0 Å². The molecule has 0 saturated heterocycles. The standard InChI is InChI=1S/C14H16BrClN2O/c1-3-18-11(6-9(2)17-18)8-14(19)12-7-10(15)4-5-13(12)16/h4-7,14,19H,3,8H2,1-2H3. The molecule has 1 heterocycles. The van der Waals surface area contributed by atoms with Gasteiger partial charge in [0, 0.05) is 33.7 Å². The summed E-state index contributed by atoms with van der Waals surface area (Å²) in [5, 5.41) is 15.3. The van der Waals surface area contributed by atoms with Crippen molar-refractivity contribution >= 4 is 27.5 Å². The molecule has 102 valence electrons. The molecule has 0 fully saturated rings. The molecule has 0 spiro atoms. The second-order valence-corrected chi connectivity index (χ2v) is 5.80. The van der Waals surface area contributed by atoms with E-state index in [1.165, 1.54) is 0 Å². The van der Waals surface area contributed by atoms with Gasteiger partial charge in [-0.2, -0.15) is 5.10 Å². The van der Waals surface area contributed by atoms with Crippen LogP contribution in [0.1, 0.15) is 30.0 Å². The molecular formula is C14H16BrClN2O. The molecule has 19 heavy (non-hydrogen) atoms. The van der Waals surface area contributed by atoms with Crippen molar-refractivity contribution in [2.45, 2.75) is 32.9 Å². The van der Waals surface area contributed by atoms with Gasteiger partial charge >= 0.3 is 0 Å². The molecule has 1 aromatic carbocycles. The third-order valence-corrected chi connectivity index (χ3v) is 3.84. The third-order valence-electron chi connectivity index (χ3n) is 3.00. The van der Waals surface area contributed by atoms with Crippen molar-refractivity contribution in [3.8, 4) is 0 Å². The number of aliphatic hydroxyl groups excluding tert-OH is 1. The van der Waals surface area contributed by atoms with Crippen LogP contribution < -0.4 is 0 Å². The third kappa shape index (κ3) is 3.38. The fourth-order valence-electron chi connectivity index (χ4n) is 2.12. The molecule has 2 rings (SSSR count). The summed E-state index contributed by atoms with van der Waals surface area (Å²) in [5.41, 5.74) is 2.71. The highest BCUT2D eigenvalue weighted by Crippen LogP contribution is 2.28. The van der Waals surface area contributed by atoms with Gasteiger partial charge in [-0.15, -0.1) is 0 Å². The van der Waals surface area contributed by atoms with Crippen molar-refractivity contribution in [1.82, 2.24) is 9.78 Å². The number of hydrogen-bond donors (Lipinski definition) is 1. The van der Waals surface area contributed by atoms with Crippen LogP contribution in [0.2, 0.25) is 5.02 Å². The van der Waals surface area contributed by atoms with E-state index in [0.29, 0.717) is 11.4 Å². The van der Waals surface area contributed by atoms with E-state index < -0.39 is 6.10 Å². The first-order chi connectivity index (χ1) is 9.01. The highest BCUT2D eigenvalue weighted by atomic mass is 79.9. The Morgan fingerprint density at radius 2 is 2.16 bits per heavy atom. The van der Waals surface area contributed by atoms with E-state index in [-0.39, 0.29) is 0 Å². The first-order valence-corrected chi connectivity index (χ1v) is 7.34. The summed E-state index contributed by atoms with van der Waals surface area (Å²) < 4.78 is 2.82. The molecule has 3 nitrogen and oxygen atoms in total. The second kappa shape index (κ2) is 6.07. The Morgan fingerprint density at radius 3 is 2.84 bits per heavy atom. The van der Waals surface area contributed by atoms with Gasteiger partial charge in [-0.1, -0.05) is 27.5 Å². The average Bonchev–Trinajstić information content (AvgIpc) is 2.72. The Kier molecular flexibility index (Phi) is 4.66. The molecule has 0 radical (unpaired) electrons. The summed E-state index contributed by atoms with van der Waals surface area (Å²) in [6.07, 6.45) is -0.128. The van der Waals surface area contributed by atoms with Crippen LogP contribution in [0.5, 0.6) is 0 Å². The van der Waals surface area contributed by atoms with Crippen LogP contribution in [0.15, 0.2) is 28.7 Å². The van der Waals surface area contributed by atoms with Gasteiger partial charge in [0.05, 0.1) is 11.8 Å². The van der Waals surface area contributed by atoms with Crippen LogP contribution in [0, 0.1) is 6.92 Å². The lowest BCUT2D eigenvalue weighted by Crippen LogP contribution is -2.09. The first kappa shape index (κ1) is 14.6. The maximum atomic E-state index is 10.4. The highest BCUT2D eigenvalue weighted by molar-refractivity contribution is 9.10. The predicted octanol–water partition coefficient (Wildman–Crippen LogP) is 3.90. The topological polar surface area (TPSA) is 38.0 Å². The fourth-order valence-corrected chi connectivity index (χ4v) is 2.74. The number of halogens is 2. The largest absolute Gasteiger partial charge is 0.388 e. The van der Waals surface area contributed by atoms with Crippen molar-refractivity contribution in [1.29, 1.82) is 0 Å². The molecule has 1 N–H and O–H groups in total. The van der Waals surface area contributed by atoms with E-state index >= 15 is 0 Å². The fraction of sp³-hybridized carbons (Fsp3) is 0.357. The zero-order valence-corrected chi connectivity index (χ0v) is 13.2. The molecule has 0 bridgehead atoms. The lowest BCUT2D eigenvalue weighted by Gasteiger charge is -2.14. The molecule has 0 amide bonds. The summed E-state index contributed by atoms with van der Waals surface area (Å²) in [6.45, 7) is 4.78. The zero-order chi connectivity index (χ0) is 14.0. The second-order valence-electron chi connectivity index (χ2n) is 4.48. The Hall–Kier alpha value is -0.840. The van der Waals surface area contributed by atoms with Crippen LogP contribution in [0.25, 0.3) is 0 Å². The monoisotopic (exact) mass is 342 g/mol. The summed E-state index contributed by atoms with van der Waals surface area (Å²) in [5.74, 6) is 0. The van der Waals surface area contributed by atoms with Gasteiger partial charge in [0.15, 0.2) is 0 Å². The molecule has 1 atom stereocenters. The highest BCUT2D eigenvalue weighted by Gasteiger charge is 2.15. The van der Waals surface area contributed by atoms with Crippen molar-refractivity contribution in [3.63, 3.8) is 0 Å². The van der Waals surface area contributed by atoms with Crippen molar-refractivity contribution < 1.29 is 5.11 Å². The van der Waals surface area contributed by atoms with Crippen LogP contribution in [-0.4, -0.2) is 14.9 Å². The molecule has 0 aliphatic rings. The van der Waals surface area contributed by atoms with Crippen LogP contribution in [0.4, 0.5) is 0 Å². The number of aromatic nitrogens is 2. The zero-order valence-electron chi connectivity index (χ0n) is 10.9. The van der Waals surface area contributed by atoms with Crippen LogP contribution in [0.3, 0.4) is 0 Å².